The van der Waals surface area contributed by atoms with Crippen molar-refractivity contribution in [1.29, 1.82) is 0 Å². The highest BCUT2D eigenvalue weighted by atomic mass is 32.1. The highest BCUT2D eigenvalue weighted by Crippen LogP contribution is 2.37. The van der Waals surface area contributed by atoms with Crippen LogP contribution in [0.15, 0.2) is 6.07 Å². The van der Waals surface area contributed by atoms with Crippen LogP contribution in [-0.4, -0.2) is 24.1 Å². The lowest BCUT2D eigenvalue weighted by Crippen LogP contribution is -2.37. The number of aliphatic carboxylic acids is 1. The largest absolute Gasteiger partial charge is 0.542 e. The molecule has 0 spiro atoms. The number of carboxylic acid groups (broad SMARTS) is 1. The molecule has 0 radical (unpaired) electrons. The van der Waals surface area contributed by atoms with Crippen molar-refractivity contribution < 1.29 is 32.3 Å². The number of ketones is 1. The number of hydrogen-bond acceptors (Lipinski definition) is 4. The molecule has 0 bridgehead atoms. The lowest BCUT2D eigenvalue weighted by Gasteiger charge is -2.17. The summed E-state index contributed by atoms with van der Waals surface area (Å²) in [6, 6.07) is 2.18. The van der Waals surface area contributed by atoms with Crippen LogP contribution < -0.4 is 5.11 Å². The fraction of sp³-hybridized carbons (Fsp3) is 0.625. The molecule has 1 aromatic rings. The van der Waals surface area contributed by atoms with Gasteiger partial charge in [-0.25, -0.2) is 4.39 Å². The van der Waals surface area contributed by atoms with E-state index in [1.54, 1.807) is 11.3 Å². The summed E-state index contributed by atoms with van der Waals surface area (Å²) in [7, 11) is 0. The number of alkyl halides is 4. The SMILES string of the molecule is C[C@H]1CCc2sc(CC(=O)[C@H]3C[C@@H]3F)cc2C1.O=C([O-])C(F)(F)F. The third-order valence-electron chi connectivity index (χ3n) is 4.09. The summed E-state index contributed by atoms with van der Waals surface area (Å²) in [5.41, 5.74) is 1.43. The minimum Gasteiger partial charge on any atom is -0.542 e. The first-order valence-corrected chi connectivity index (χ1v) is 8.45. The summed E-state index contributed by atoms with van der Waals surface area (Å²) < 4.78 is 44.3. The maximum absolute atomic E-state index is 12.8. The number of Topliss-reactive ketones (excluding diaryl/α,β-unsaturated/α-hetero) is 1. The Morgan fingerprint density at radius 1 is 1.38 bits per heavy atom. The van der Waals surface area contributed by atoms with Gasteiger partial charge in [-0.15, -0.1) is 11.3 Å². The Morgan fingerprint density at radius 2 is 1.96 bits per heavy atom. The van der Waals surface area contributed by atoms with Gasteiger partial charge in [0, 0.05) is 16.2 Å². The number of halogens is 4. The molecule has 2 aliphatic rings. The molecule has 1 aromatic heterocycles. The number of rotatable bonds is 3. The van der Waals surface area contributed by atoms with Crippen LogP contribution in [-0.2, 0) is 28.9 Å². The molecule has 2 aliphatic carbocycles. The number of carbonyl (C=O) groups excluding carboxylic acids is 2. The zero-order valence-electron chi connectivity index (χ0n) is 13.0. The summed E-state index contributed by atoms with van der Waals surface area (Å²) >= 11 is 1.77. The predicted octanol–water partition coefficient (Wildman–Crippen LogP) is 2.64. The highest BCUT2D eigenvalue weighted by molar-refractivity contribution is 7.12. The number of carbonyl (C=O) groups is 2. The number of fused-ring (bicyclic) bond motifs is 1. The minimum absolute atomic E-state index is 0.101. The van der Waals surface area contributed by atoms with Gasteiger partial charge < -0.3 is 9.90 Å². The van der Waals surface area contributed by atoms with E-state index in [-0.39, 0.29) is 11.7 Å². The molecule has 0 aromatic carbocycles. The maximum Gasteiger partial charge on any atom is 0.430 e. The molecule has 0 N–H and O–H groups in total. The summed E-state index contributed by atoms with van der Waals surface area (Å²) in [6.07, 6.45) is -1.56. The van der Waals surface area contributed by atoms with Crippen molar-refractivity contribution in [2.45, 2.75) is 51.4 Å². The lowest BCUT2D eigenvalue weighted by molar-refractivity contribution is -0.344. The van der Waals surface area contributed by atoms with Crippen LogP contribution in [0.3, 0.4) is 0 Å². The Balaban J connectivity index is 0.000000256. The topological polar surface area (TPSA) is 57.2 Å². The molecular weight excluding hydrogens is 348 g/mol. The van der Waals surface area contributed by atoms with Crippen LogP contribution in [0.1, 0.15) is 35.1 Å². The van der Waals surface area contributed by atoms with E-state index in [1.807, 2.05) is 0 Å². The van der Waals surface area contributed by atoms with Crippen LogP contribution in [0.4, 0.5) is 17.6 Å². The van der Waals surface area contributed by atoms with Crippen LogP contribution >= 0.6 is 11.3 Å². The first kappa shape index (κ1) is 18.9. The molecule has 24 heavy (non-hydrogen) atoms. The molecule has 3 atom stereocenters. The molecule has 3 rings (SSSR count). The summed E-state index contributed by atoms with van der Waals surface area (Å²) in [4.78, 5) is 23.1. The number of hydrogen-bond donors (Lipinski definition) is 0. The van der Waals surface area contributed by atoms with E-state index in [2.05, 4.69) is 13.0 Å². The average Bonchev–Trinajstić information content (AvgIpc) is 3.06. The zero-order valence-corrected chi connectivity index (χ0v) is 13.8. The monoisotopic (exact) mass is 365 g/mol. The second-order valence-corrected chi connectivity index (χ2v) is 7.52. The molecule has 1 saturated carbocycles. The molecule has 0 amide bonds. The van der Waals surface area contributed by atoms with E-state index < -0.39 is 18.3 Å². The normalized spacial score (nSPS) is 25.3. The van der Waals surface area contributed by atoms with Gasteiger partial charge in [0.05, 0.1) is 5.92 Å². The average molecular weight is 365 g/mol. The van der Waals surface area contributed by atoms with Crippen LogP contribution in [0.2, 0.25) is 0 Å². The quantitative estimate of drug-likeness (QED) is 0.774. The Bertz CT molecular complexity index is 623. The van der Waals surface area contributed by atoms with Gasteiger partial charge in [0.1, 0.15) is 17.9 Å². The van der Waals surface area contributed by atoms with Gasteiger partial charge in [-0.3, -0.25) is 4.79 Å². The van der Waals surface area contributed by atoms with Crippen molar-refractivity contribution in [2.24, 2.45) is 11.8 Å². The highest BCUT2D eigenvalue weighted by Gasteiger charge is 2.43. The van der Waals surface area contributed by atoms with E-state index in [1.165, 1.54) is 16.9 Å². The van der Waals surface area contributed by atoms with Crippen molar-refractivity contribution in [3.8, 4) is 0 Å². The van der Waals surface area contributed by atoms with Crippen molar-refractivity contribution in [3.05, 3.63) is 21.4 Å². The smallest absolute Gasteiger partial charge is 0.430 e. The summed E-state index contributed by atoms with van der Waals surface area (Å²) in [6.45, 7) is 2.28. The third kappa shape index (κ3) is 5.03. The molecule has 0 saturated heterocycles. The van der Waals surface area contributed by atoms with E-state index in [0.717, 1.165) is 23.6 Å². The minimum atomic E-state index is -5.19. The van der Waals surface area contributed by atoms with E-state index in [9.17, 15) is 22.4 Å². The third-order valence-corrected chi connectivity index (χ3v) is 5.32. The first-order valence-electron chi connectivity index (χ1n) is 7.63. The maximum atomic E-state index is 12.8. The lowest BCUT2D eigenvalue weighted by atomic mass is 9.90. The second-order valence-electron chi connectivity index (χ2n) is 6.30. The Kier molecular flexibility index (Phi) is 5.67. The molecule has 3 nitrogen and oxygen atoms in total. The van der Waals surface area contributed by atoms with Crippen molar-refractivity contribution in [2.75, 3.05) is 0 Å². The van der Waals surface area contributed by atoms with Gasteiger partial charge >= 0.3 is 6.18 Å². The number of aryl methyl sites for hydroxylation is 1. The Hall–Kier alpha value is -1.44. The predicted molar refractivity (Wildman–Crippen MR) is 78.3 cm³/mol. The molecule has 1 fully saturated rings. The van der Waals surface area contributed by atoms with Gasteiger partial charge in [0.15, 0.2) is 0 Å². The summed E-state index contributed by atoms with van der Waals surface area (Å²) in [5, 5.41) is 8.78. The first-order chi connectivity index (χ1) is 11.1. The van der Waals surface area contributed by atoms with Crippen LogP contribution in [0, 0.1) is 11.8 Å². The molecule has 0 unspecified atom stereocenters. The van der Waals surface area contributed by atoms with Crippen molar-refractivity contribution in [1.82, 2.24) is 0 Å². The molecule has 1 heterocycles. The van der Waals surface area contributed by atoms with E-state index in [0.29, 0.717) is 12.8 Å². The molecule has 8 heteroatoms. The second kappa shape index (κ2) is 7.21. The summed E-state index contributed by atoms with van der Waals surface area (Å²) in [5.74, 6) is -2.43. The fourth-order valence-electron chi connectivity index (χ4n) is 2.65. The Morgan fingerprint density at radius 3 is 2.46 bits per heavy atom. The van der Waals surface area contributed by atoms with Crippen molar-refractivity contribution >= 4 is 23.1 Å². The molecule has 134 valence electrons. The van der Waals surface area contributed by atoms with Gasteiger partial charge in [0.25, 0.3) is 0 Å². The van der Waals surface area contributed by atoms with Crippen LogP contribution in [0.25, 0.3) is 0 Å². The molecular formula is C16H17F4O3S-. The van der Waals surface area contributed by atoms with E-state index in [4.69, 9.17) is 9.90 Å². The zero-order chi connectivity index (χ0) is 18.1. The van der Waals surface area contributed by atoms with Gasteiger partial charge in [-0.1, -0.05) is 6.92 Å². The van der Waals surface area contributed by atoms with Gasteiger partial charge in [-0.2, -0.15) is 13.2 Å². The van der Waals surface area contributed by atoms with Gasteiger partial charge in [-0.05, 0) is 43.2 Å². The molecule has 0 aliphatic heterocycles. The van der Waals surface area contributed by atoms with Crippen molar-refractivity contribution in [3.63, 3.8) is 0 Å². The van der Waals surface area contributed by atoms with Gasteiger partial charge in [0.2, 0.25) is 0 Å². The number of thiophene rings is 1. The number of carboxylic acids is 1. The standard InChI is InChI=1S/C14H17FOS.C2HF3O2/c1-8-2-3-14-9(4-8)5-10(17-14)6-13(16)11-7-12(11)15;3-2(4,5)1(6)7/h5,8,11-12H,2-4,6-7H2,1H3;(H,6,7)/p-1/t8-,11-,12-;/m0./s1. The van der Waals surface area contributed by atoms with Crippen LogP contribution in [0.5, 0.6) is 0 Å². The van der Waals surface area contributed by atoms with E-state index >= 15 is 0 Å². The fourth-order valence-corrected chi connectivity index (χ4v) is 3.88. The Labute approximate surface area is 140 Å².